The van der Waals surface area contributed by atoms with Gasteiger partial charge in [0.15, 0.2) is 0 Å². The summed E-state index contributed by atoms with van der Waals surface area (Å²) in [5.74, 6) is 0. The van der Waals surface area contributed by atoms with Gasteiger partial charge in [-0.2, -0.15) is 0 Å². The van der Waals surface area contributed by atoms with Crippen molar-refractivity contribution in [3.63, 3.8) is 0 Å². The molecule has 0 fully saturated rings. The Bertz CT molecular complexity index is 482. The van der Waals surface area contributed by atoms with Crippen LogP contribution in [0.5, 0.6) is 0 Å². The van der Waals surface area contributed by atoms with E-state index < -0.39 is 0 Å². The van der Waals surface area contributed by atoms with E-state index in [1.54, 1.807) is 11.3 Å². The van der Waals surface area contributed by atoms with E-state index in [-0.39, 0.29) is 0 Å². The number of benzene rings is 1. The van der Waals surface area contributed by atoms with Crippen LogP contribution >= 0.6 is 43.2 Å². The van der Waals surface area contributed by atoms with Crippen molar-refractivity contribution < 1.29 is 0 Å². The van der Waals surface area contributed by atoms with Gasteiger partial charge in [0, 0.05) is 27.4 Å². The van der Waals surface area contributed by atoms with Gasteiger partial charge in [0.05, 0.1) is 6.54 Å². The third kappa shape index (κ3) is 3.33. The highest BCUT2D eigenvalue weighted by Gasteiger charge is 2.05. The Balaban J connectivity index is 2.14. The molecule has 0 aliphatic carbocycles. The molecule has 2 rings (SSSR count). The van der Waals surface area contributed by atoms with E-state index in [4.69, 9.17) is 0 Å². The molecule has 0 saturated carbocycles. The summed E-state index contributed by atoms with van der Waals surface area (Å²) in [5, 5.41) is 3.00. The lowest BCUT2D eigenvalue weighted by atomic mass is 10.2. The van der Waals surface area contributed by atoms with Crippen LogP contribution in [0.1, 0.15) is 10.4 Å². The van der Waals surface area contributed by atoms with Crippen LogP contribution in [0, 0.1) is 0 Å². The maximum Gasteiger partial charge on any atom is 0.0519 e. The van der Waals surface area contributed by atoms with Crippen molar-refractivity contribution >= 4 is 48.9 Å². The maximum atomic E-state index is 3.60. The molecule has 1 heterocycles. The first-order chi connectivity index (χ1) is 8.20. The Labute approximate surface area is 123 Å². The smallest absolute Gasteiger partial charge is 0.0519 e. The second kappa shape index (κ2) is 6.03. The van der Waals surface area contributed by atoms with E-state index >= 15 is 0 Å². The first kappa shape index (κ1) is 13.1. The van der Waals surface area contributed by atoms with E-state index in [2.05, 4.69) is 79.5 Å². The minimum Gasteiger partial charge on any atom is -0.369 e. The van der Waals surface area contributed by atoms with Crippen LogP contribution in [0.3, 0.4) is 0 Å². The van der Waals surface area contributed by atoms with Crippen molar-refractivity contribution in [2.45, 2.75) is 11.9 Å². The van der Waals surface area contributed by atoms with Gasteiger partial charge in [-0.1, -0.05) is 44.0 Å². The van der Waals surface area contributed by atoms with Gasteiger partial charge in [0.2, 0.25) is 0 Å². The molecule has 1 nitrogen and oxygen atoms in total. The van der Waals surface area contributed by atoms with Crippen molar-refractivity contribution in [1.29, 1.82) is 0 Å². The van der Waals surface area contributed by atoms with Gasteiger partial charge < -0.3 is 4.90 Å². The van der Waals surface area contributed by atoms with Crippen molar-refractivity contribution in [1.82, 2.24) is 0 Å². The molecule has 0 amide bonds. The summed E-state index contributed by atoms with van der Waals surface area (Å²) in [6, 6.07) is 10.7. The Morgan fingerprint density at radius 3 is 2.71 bits per heavy atom. The molecule has 0 saturated heterocycles. The molecule has 0 unspecified atom stereocenters. The SMILES string of the molecule is CN(Cc1cccs1)c1ccc(CBr)c(Br)c1. The monoisotopic (exact) mass is 373 g/mol. The number of thiophene rings is 1. The fourth-order valence-electron chi connectivity index (χ4n) is 1.61. The molecule has 0 aliphatic rings. The number of anilines is 1. The molecule has 90 valence electrons. The van der Waals surface area contributed by atoms with Crippen LogP contribution < -0.4 is 4.90 Å². The maximum absolute atomic E-state index is 3.60. The zero-order valence-corrected chi connectivity index (χ0v) is 13.5. The van der Waals surface area contributed by atoms with E-state index in [1.165, 1.54) is 16.1 Å². The van der Waals surface area contributed by atoms with Gasteiger partial charge >= 0.3 is 0 Å². The van der Waals surface area contributed by atoms with E-state index in [0.29, 0.717) is 0 Å². The van der Waals surface area contributed by atoms with Crippen LogP contribution in [-0.4, -0.2) is 7.05 Å². The molecule has 2 aromatic rings. The van der Waals surface area contributed by atoms with Crippen LogP contribution in [0.4, 0.5) is 5.69 Å². The number of rotatable bonds is 4. The van der Waals surface area contributed by atoms with Crippen molar-refractivity contribution in [3.8, 4) is 0 Å². The predicted octanol–water partition coefficient (Wildman–Crippen LogP) is 5.04. The quantitative estimate of drug-likeness (QED) is 0.677. The summed E-state index contributed by atoms with van der Waals surface area (Å²) in [7, 11) is 2.12. The van der Waals surface area contributed by atoms with Gasteiger partial charge in [0.1, 0.15) is 0 Å². The molecule has 17 heavy (non-hydrogen) atoms. The number of alkyl halides is 1. The molecule has 0 radical (unpaired) electrons. The number of nitrogens with zero attached hydrogens (tertiary/aromatic N) is 1. The fourth-order valence-corrected chi connectivity index (χ4v) is 3.74. The van der Waals surface area contributed by atoms with Gasteiger partial charge in [0.25, 0.3) is 0 Å². The highest BCUT2D eigenvalue weighted by Crippen LogP contribution is 2.26. The molecule has 0 N–H and O–H groups in total. The first-order valence-corrected chi connectivity index (χ1v) is 8.08. The highest BCUT2D eigenvalue weighted by molar-refractivity contribution is 9.10. The number of hydrogen-bond donors (Lipinski definition) is 0. The fraction of sp³-hybridized carbons (Fsp3) is 0.231. The second-order valence-electron chi connectivity index (χ2n) is 3.84. The summed E-state index contributed by atoms with van der Waals surface area (Å²) in [6.07, 6.45) is 0. The third-order valence-electron chi connectivity index (χ3n) is 2.59. The van der Waals surface area contributed by atoms with Gasteiger partial charge in [-0.05, 0) is 29.1 Å². The summed E-state index contributed by atoms with van der Waals surface area (Å²) in [6.45, 7) is 0.956. The van der Waals surface area contributed by atoms with Gasteiger partial charge in [-0.3, -0.25) is 0 Å². The molecule has 4 heteroatoms. The standard InChI is InChI=1S/C13H13Br2NS/c1-16(9-12-3-2-6-17-12)11-5-4-10(8-14)13(15)7-11/h2-7H,8-9H2,1H3. The lowest BCUT2D eigenvalue weighted by Gasteiger charge is -2.19. The zero-order valence-electron chi connectivity index (χ0n) is 9.49. The average molecular weight is 375 g/mol. The highest BCUT2D eigenvalue weighted by atomic mass is 79.9. The van der Waals surface area contributed by atoms with Gasteiger partial charge in [-0.25, -0.2) is 0 Å². The van der Waals surface area contributed by atoms with Crippen molar-refractivity contribution in [3.05, 3.63) is 50.6 Å². The van der Waals surface area contributed by atoms with Gasteiger partial charge in [-0.15, -0.1) is 11.3 Å². The Hall–Kier alpha value is -0.320. The minimum absolute atomic E-state index is 0.877. The molecular formula is C13H13Br2NS. The largest absolute Gasteiger partial charge is 0.369 e. The van der Waals surface area contributed by atoms with Crippen LogP contribution in [-0.2, 0) is 11.9 Å². The van der Waals surface area contributed by atoms with Crippen molar-refractivity contribution in [2.24, 2.45) is 0 Å². The minimum atomic E-state index is 0.877. The Morgan fingerprint density at radius 1 is 1.29 bits per heavy atom. The lowest BCUT2D eigenvalue weighted by Crippen LogP contribution is -2.15. The number of halogens is 2. The van der Waals surface area contributed by atoms with Crippen LogP contribution in [0.2, 0.25) is 0 Å². The second-order valence-corrected chi connectivity index (χ2v) is 6.29. The summed E-state index contributed by atoms with van der Waals surface area (Å²) < 4.78 is 1.16. The normalized spacial score (nSPS) is 10.5. The summed E-state index contributed by atoms with van der Waals surface area (Å²) in [5.41, 5.74) is 2.51. The zero-order chi connectivity index (χ0) is 12.3. The summed E-state index contributed by atoms with van der Waals surface area (Å²) >= 11 is 8.87. The molecular weight excluding hydrogens is 362 g/mol. The molecule has 1 aromatic carbocycles. The number of hydrogen-bond acceptors (Lipinski definition) is 2. The average Bonchev–Trinajstić information content (AvgIpc) is 2.81. The van der Waals surface area contributed by atoms with Crippen LogP contribution in [0.25, 0.3) is 0 Å². The Kier molecular flexibility index (Phi) is 4.65. The molecule has 0 aliphatic heterocycles. The van der Waals surface area contributed by atoms with E-state index in [9.17, 15) is 0 Å². The molecule has 0 atom stereocenters. The van der Waals surface area contributed by atoms with E-state index in [0.717, 1.165) is 16.3 Å². The van der Waals surface area contributed by atoms with Crippen molar-refractivity contribution in [2.75, 3.05) is 11.9 Å². The third-order valence-corrected chi connectivity index (χ3v) is 4.80. The van der Waals surface area contributed by atoms with Crippen LogP contribution in [0.15, 0.2) is 40.2 Å². The molecule has 0 bridgehead atoms. The summed E-state index contributed by atoms with van der Waals surface area (Å²) in [4.78, 5) is 3.64. The molecule has 0 spiro atoms. The lowest BCUT2D eigenvalue weighted by molar-refractivity contribution is 0.939. The topological polar surface area (TPSA) is 3.24 Å². The Morgan fingerprint density at radius 2 is 2.12 bits per heavy atom. The first-order valence-electron chi connectivity index (χ1n) is 5.28. The predicted molar refractivity (Wildman–Crippen MR) is 83.2 cm³/mol. The molecule has 1 aromatic heterocycles. The van der Waals surface area contributed by atoms with E-state index in [1.807, 2.05) is 0 Å².